The fourth-order valence-electron chi connectivity index (χ4n) is 7.36. The van der Waals surface area contributed by atoms with Gasteiger partial charge in [0.15, 0.2) is 11.6 Å². The molecule has 0 aliphatic heterocycles. The Balaban J connectivity index is -0.000000913. The van der Waals surface area contributed by atoms with Crippen LogP contribution in [0.1, 0.15) is 219 Å². The third-order valence-electron chi connectivity index (χ3n) is 10.8. The number of quaternary nitrogens is 2. The van der Waals surface area contributed by atoms with E-state index in [1.807, 2.05) is 0 Å². The van der Waals surface area contributed by atoms with Crippen molar-refractivity contribution in [3.63, 3.8) is 0 Å². The van der Waals surface area contributed by atoms with Crippen molar-refractivity contribution in [2.24, 2.45) is 11.5 Å². The summed E-state index contributed by atoms with van der Waals surface area (Å²) in [6, 6.07) is 0. The summed E-state index contributed by atoms with van der Waals surface area (Å²) in [5.74, 6) is 0.802. The Morgan fingerprint density at radius 3 is 0.754 bits per heavy atom. The van der Waals surface area contributed by atoms with Crippen LogP contribution in [0.15, 0.2) is 0 Å². The fraction of sp³-hybridized carbons (Fsp3) is 0.957. The van der Waals surface area contributed by atoms with E-state index in [2.05, 4.69) is 42.0 Å². The van der Waals surface area contributed by atoms with E-state index < -0.39 is 10.4 Å². The molecule has 0 heterocycles. The number of nitrogens with two attached hydrogens (primary N) is 2. The number of likely N-dealkylation sites (N-methyl/N-ethyl adjacent to an activating group) is 2. The van der Waals surface area contributed by atoms with Gasteiger partial charge in [0.05, 0.1) is 41.3 Å². The lowest BCUT2D eigenvalue weighted by atomic mass is 10.0. The highest BCUT2D eigenvalue weighted by Gasteiger charge is 2.19. The van der Waals surface area contributed by atoms with Gasteiger partial charge in [0, 0.05) is 36.3 Å². The quantitative estimate of drug-likeness (QED) is 0.0266. The number of carbonyl (C=O) groups is 2. The van der Waals surface area contributed by atoms with Crippen molar-refractivity contribution in [3.8, 4) is 0 Å². The maximum Gasteiger partial charge on any atom is 0.186 e. The predicted molar refractivity (Wildman–Crippen MR) is 241 cm³/mol. The first kappa shape index (κ1) is 60.4. The van der Waals surface area contributed by atoms with E-state index in [-0.39, 0.29) is 0 Å². The lowest BCUT2D eigenvalue weighted by molar-refractivity contribution is -0.880. The molecule has 0 radical (unpaired) electrons. The Morgan fingerprint density at radius 1 is 0.404 bits per heavy atom. The van der Waals surface area contributed by atoms with Crippen LogP contribution in [-0.2, 0) is 20.0 Å². The number of hydrogen-bond donors (Lipinski definition) is 2. The van der Waals surface area contributed by atoms with Crippen LogP contribution in [-0.4, -0.2) is 106 Å². The van der Waals surface area contributed by atoms with Crippen molar-refractivity contribution in [1.29, 1.82) is 0 Å². The third kappa shape index (κ3) is 59.4. The smallest absolute Gasteiger partial charge is 0.186 e. The lowest BCUT2D eigenvalue weighted by Gasteiger charge is -2.28. The molecule has 0 aromatic heterocycles. The molecule has 57 heavy (non-hydrogen) atoms. The molecule has 4 N–H and O–H groups in total. The van der Waals surface area contributed by atoms with E-state index in [4.69, 9.17) is 29.0 Å². The maximum absolute atomic E-state index is 12.0. The van der Waals surface area contributed by atoms with Gasteiger partial charge in [0.2, 0.25) is 0 Å². The third-order valence-corrected chi connectivity index (χ3v) is 10.8. The van der Waals surface area contributed by atoms with E-state index in [9.17, 15) is 9.59 Å². The Hall–Kier alpha value is -0.950. The maximum atomic E-state index is 12.0. The van der Waals surface area contributed by atoms with Gasteiger partial charge in [0.1, 0.15) is 13.1 Å². The van der Waals surface area contributed by atoms with Gasteiger partial charge < -0.3 is 29.5 Å². The van der Waals surface area contributed by atoms with Crippen molar-refractivity contribution in [3.05, 3.63) is 0 Å². The number of carbonyl (C=O) groups excluding carboxylic acids is 2. The van der Waals surface area contributed by atoms with Gasteiger partial charge in [-0.25, -0.2) is 0 Å². The fourth-order valence-corrected chi connectivity index (χ4v) is 7.36. The zero-order chi connectivity index (χ0) is 43.5. The summed E-state index contributed by atoms with van der Waals surface area (Å²) in [5.41, 5.74) is 11.2. The molecule has 0 spiro atoms. The average Bonchev–Trinajstić information content (AvgIpc) is 3.10. The van der Waals surface area contributed by atoms with Crippen molar-refractivity contribution in [1.82, 2.24) is 0 Å². The minimum absolute atomic E-state index is 0.401. The topological polar surface area (TPSA) is 166 Å². The Labute approximate surface area is 355 Å². The van der Waals surface area contributed by atoms with Gasteiger partial charge in [-0.2, -0.15) is 0 Å². The molecule has 0 unspecified atom stereocenters. The molecule has 0 saturated carbocycles. The first-order valence-corrected chi connectivity index (χ1v) is 25.1. The summed E-state index contributed by atoms with van der Waals surface area (Å²) in [5, 5.41) is 0. The molecule has 0 fully saturated rings. The van der Waals surface area contributed by atoms with Crippen LogP contribution in [0.2, 0.25) is 0 Å². The van der Waals surface area contributed by atoms with Gasteiger partial charge in [-0.05, 0) is 12.8 Å². The SMILES string of the molecule is CCCCCCCCCCCCCCCCCC(=O)C[N+](C)(C)CCN.CCCCCCCCCCCCCCCCCC(=O)C[N+](C)(C)CCN.O=S(=O)([O-])[O-]. The highest BCUT2D eigenvalue weighted by atomic mass is 32.3. The molecule has 0 aromatic carbocycles. The number of ketones is 2. The summed E-state index contributed by atoms with van der Waals surface area (Å²) >= 11 is 0. The zero-order valence-electron chi connectivity index (χ0n) is 38.8. The number of hydrogen-bond acceptors (Lipinski definition) is 8. The molecule has 0 atom stereocenters. The van der Waals surface area contributed by atoms with E-state index in [0.29, 0.717) is 37.7 Å². The largest absolute Gasteiger partial charge is 0.759 e. The van der Waals surface area contributed by atoms with Crippen molar-refractivity contribution < 1.29 is 36.1 Å². The van der Waals surface area contributed by atoms with E-state index in [0.717, 1.165) is 47.7 Å². The molecule has 344 valence electrons. The highest BCUT2D eigenvalue weighted by molar-refractivity contribution is 7.79. The van der Waals surface area contributed by atoms with Crippen molar-refractivity contribution in [2.75, 3.05) is 67.5 Å². The number of Topliss-reactive ketones (excluding diaryl/α,β-unsaturated/α-hetero) is 2. The van der Waals surface area contributed by atoms with Crippen LogP contribution in [0, 0.1) is 0 Å². The van der Waals surface area contributed by atoms with E-state index >= 15 is 0 Å². The van der Waals surface area contributed by atoms with Gasteiger partial charge in [0.25, 0.3) is 0 Å². The second kappa shape index (κ2) is 43.1. The molecule has 10 nitrogen and oxygen atoms in total. The van der Waals surface area contributed by atoms with Crippen molar-refractivity contribution >= 4 is 22.0 Å². The van der Waals surface area contributed by atoms with Crippen LogP contribution >= 0.6 is 0 Å². The standard InChI is InChI=1S/2C23H49N2O.H2O4S/c2*1-4-5-6-7-8-9-10-11-12-13-14-15-16-17-18-19-23(26)22-25(2,3)21-20-24;1-5(2,3)4/h2*4-22,24H2,1-3H3;(H2,1,2,3,4)/q2*+1;/p-2. The molecule has 0 aliphatic carbocycles. The molecular weight excluding hydrogens is 737 g/mol. The molecule has 0 bridgehead atoms. The Bertz CT molecular complexity index is 908. The minimum Gasteiger partial charge on any atom is -0.759 e. The van der Waals surface area contributed by atoms with Crippen LogP contribution in [0.5, 0.6) is 0 Å². The molecule has 0 amide bonds. The minimum atomic E-state index is -5.17. The Morgan fingerprint density at radius 2 is 0.579 bits per heavy atom. The van der Waals surface area contributed by atoms with Gasteiger partial charge in [-0.1, -0.05) is 194 Å². The normalized spacial score (nSPS) is 11.8. The summed E-state index contributed by atoms with van der Waals surface area (Å²) in [7, 11) is 3.21. The lowest BCUT2D eigenvalue weighted by Crippen LogP contribution is -2.46. The highest BCUT2D eigenvalue weighted by Crippen LogP contribution is 2.16. The van der Waals surface area contributed by atoms with E-state index in [1.165, 1.54) is 180 Å². The van der Waals surface area contributed by atoms with Gasteiger partial charge >= 0.3 is 0 Å². The summed E-state index contributed by atoms with van der Waals surface area (Å²) in [6.07, 6.45) is 42.6. The predicted octanol–water partition coefficient (Wildman–Crippen LogP) is 10.4. The van der Waals surface area contributed by atoms with Gasteiger partial charge in [-0.15, -0.1) is 0 Å². The number of unbranched alkanes of at least 4 members (excludes halogenated alkanes) is 28. The van der Waals surface area contributed by atoms with E-state index in [1.54, 1.807) is 0 Å². The Kier molecular flexibility index (Phi) is 45.7. The van der Waals surface area contributed by atoms with Crippen LogP contribution < -0.4 is 11.5 Å². The molecule has 0 aliphatic rings. The number of nitrogens with zero attached hydrogens (tertiary/aromatic N) is 2. The van der Waals surface area contributed by atoms with Crippen LogP contribution in [0.25, 0.3) is 0 Å². The summed E-state index contributed by atoms with van der Waals surface area (Å²) < 4.78 is 35.5. The second-order valence-corrected chi connectivity index (χ2v) is 18.9. The van der Waals surface area contributed by atoms with Crippen molar-refractivity contribution in [2.45, 2.75) is 219 Å². The number of rotatable bonds is 40. The second-order valence-electron chi connectivity index (χ2n) is 18.1. The molecule has 11 heteroatoms. The zero-order valence-corrected chi connectivity index (χ0v) is 39.6. The first-order valence-electron chi connectivity index (χ1n) is 23.8. The van der Waals surface area contributed by atoms with Gasteiger partial charge in [-0.3, -0.25) is 18.0 Å². The average molecular weight is 835 g/mol. The van der Waals surface area contributed by atoms with Crippen LogP contribution in [0.3, 0.4) is 0 Å². The molecule has 0 aromatic rings. The molecule has 0 saturated heterocycles. The summed E-state index contributed by atoms with van der Waals surface area (Å²) in [4.78, 5) is 24.0. The molecular formula is C46H98N4O6S. The van der Waals surface area contributed by atoms with Crippen LogP contribution in [0.4, 0.5) is 0 Å². The monoisotopic (exact) mass is 835 g/mol. The first-order chi connectivity index (χ1) is 27.0. The summed E-state index contributed by atoms with van der Waals surface area (Å²) in [6.45, 7) is 8.90. The molecule has 0 rings (SSSR count).